The van der Waals surface area contributed by atoms with Crippen molar-refractivity contribution in [3.8, 4) is 39.4 Å². The van der Waals surface area contributed by atoms with Crippen molar-refractivity contribution in [2.45, 2.75) is 25.7 Å². The number of aromatic nitrogens is 4. The average Bonchev–Trinajstić information content (AvgIpc) is 3.75. The highest BCUT2D eigenvalue weighted by atomic mass is 19.1. The number of benzene rings is 3. The van der Waals surface area contributed by atoms with Crippen LogP contribution in [0.3, 0.4) is 0 Å². The molecule has 46 heavy (non-hydrogen) atoms. The van der Waals surface area contributed by atoms with Crippen LogP contribution in [0.25, 0.3) is 55.4 Å². The van der Waals surface area contributed by atoms with Gasteiger partial charge in [-0.3, -0.25) is 9.78 Å². The molecule has 0 saturated heterocycles. The van der Waals surface area contributed by atoms with E-state index in [1.807, 2.05) is 61.5 Å². The number of aromatic amines is 1. The Morgan fingerprint density at radius 1 is 0.957 bits per heavy atom. The lowest BCUT2D eigenvalue weighted by Gasteiger charge is -2.12. The molecule has 3 aromatic carbocycles. The highest BCUT2D eigenvalue weighted by molar-refractivity contribution is 6.02. The van der Waals surface area contributed by atoms with Gasteiger partial charge in [0.05, 0.1) is 28.8 Å². The van der Waals surface area contributed by atoms with E-state index in [0.717, 1.165) is 87.7 Å². The van der Waals surface area contributed by atoms with Crippen molar-refractivity contribution in [2.75, 3.05) is 32.6 Å². The van der Waals surface area contributed by atoms with Crippen molar-refractivity contribution in [3.63, 3.8) is 0 Å². The molecule has 0 unspecified atom stereocenters. The predicted molar refractivity (Wildman–Crippen MR) is 180 cm³/mol. The number of amides is 1. The largest absolute Gasteiger partial charge is 0.492 e. The summed E-state index contributed by atoms with van der Waals surface area (Å²) in [5.74, 6) is 0.284. The Balaban J connectivity index is 1.23. The first-order valence-electron chi connectivity index (χ1n) is 15.6. The van der Waals surface area contributed by atoms with Crippen LogP contribution in [0.15, 0.2) is 85.5 Å². The Kier molecular flexibility index (Phi) is 8.15. The van der Waals surface area contributed by atoms with Crippen molar-refractivity contribution in [2.24, 2.45) is 5.92 Å². The van der Waals surface area contributed by atoms with Gasteiger partial charge in [0.15, 0.2) is 0 Å². The number of hydrogen-bond donors (Lipinski definition) is 2. The molecule has 1 aliphatic carbocycles. The minimum atomic E-state index is -0.351. The van der Waals surface area contributed by atoms with Crippen LogP contribution in [0.4, 0.5) is 10.1 Å². The lowest BCUT2D eigenvalue weighted by atomic mass is 10.0. The lowest BCUT2D eigenvalue weighted by molar-refractivity contribution is -0.119. The number of halogens is 1. The number of anilines is 1. The van der Waals surface area contributed by atoms with Gasteiger partial charge in [-0.05, 0) is 86.1 Å². The summed E-state index contributed by atoms with van der Waals surface area (Å²) in [5, 5.41) is 4.87. The van der Waals surface area contributed by atoms with Crippen molar-refractivity contribution in [1.82, 2.24) is 24.8 Å². The number of carbonyl (C=O) groups excluding carboxylic acids is 1. The number of nitrogens with one attached hydrogen (secondary N) is 2. The zero-order valence-electron chi connectivity index (χ0n) is 25.9. The third-order valence-corrected chi connectivity index (χ3v) is 8.61. The molecule has 0 spiro atoms. The molecule has 0 bridgehead atoms. The van der Waals surface area contributed by atoms with E-state index in [-0.39, 0.29) is 17.6 Å². The standard InChI is InChI=1S/C37H35FN6O2/c1-44(2)12-13-46-29-16-25(14-27(38)18-29)30-8-5-9-34-31(30)19-35(43-34)36-32-17-24(10-11-33(32)40-22-41-36)26-15-28(21-39-20-26)42-37(45)23-6-3-4-7-23/h5,8-11,14-23,43H,3-4,6-7,12-13H2,1-2H3,(H,42,45). The van der Waals surface area contributed by atoms with Gasteiger partial charge < -0.3 is 19.9 Å². The molecular formula is C37H35FN6O2. The van der Waals surface area contributed by atoms with Gasteiger partial charge in [0.25, 0.3) is 0 Å². The van der Waals surface area contributed by atoms with Gasteiger partial charge in [0, 0.05) is 46.6 Å². The number of carbonyl (C=O) groups is 1. The Hall–Kier alpha value is -5.15. The summed E-state index contributed by atoms with van der Waals surface area (Å²) in [6, 6.07) is 20.8. The number of likely N-dealkylation sites (N-methyl/N-ethyl adjacent to an activating group) is 1. The van der Waals surface area contributed by atoms with Gasteiger partial charge in [-0.1, -0.05) is 31.0 Å². The molecular weight excluding hydrogens is 579 g/mol. The van der Waals surface area contributed by atoms with Crippen LogP contribution < -0.4 is 10.1 Å². The summed E-state index contributed by atoms with van der Waals surface area (Å²) in [7, 11) is 3.94. The first-order chi connectivity index (χ1) is 22.4. The van der Waals surface area contributed by atoms with Crippen LogP contribution in [-0.2, 0) is 4.79 Å². The molecule has 0 radical (unpaired) electrons. The second-order valence-corrected chi connectivity index (χ2v) is 12.2. The molecule has 2 N–H and O–H groups in total. The molecule has 3 aromatic heterocycles. The lowest BCUT2D eigenvalue weighted by Crippen LogP contribution is -2.20. The molecule has 6 aromatic rings. The molecule has 0 aliphatic heterocycles. The van der Waals surface area contributed by atoms with Crippen LogP contribution >= 0.6 is 0 Å². The number of pyridine rings is 1. The van der Waals surface area contributed by atoms with Gasteiger partial charge in [-0.25, -0.2) is 14.4 Å². The number of nitrogens with zero attached hydrogens (tertiary/aromatic N) is 4. The minimum absolute atomic E-state index is 0.0649. The second kappa shape index (κ2) is 12.7. The number of H-pyrrole nitrogens is 1. The fourth-order valence-corrected chi connectivity index (χ4v) is 6.23. The van der Waals surface area contributed by atoms with Gasteiger partial charge in [-0.2, -0.15) is 0 Å². The monoisotopic (exact) mass is 614 g/mol. The van der Waals surface area contributed by atoms with Crippen LogP contribution in [-0.4, -0.2) is 58.0 Å². The highest BCUT2D eigenvalue weighted by Gasteiger charge is 2.23. The van der Waals surface area contributed by atoms with E-state index in [9.17, 15) is 9.18 Å². The van der Waals surface area contributed by atoms with Crippen LogP contribution in [0.1, 0.15) is 25.7 Å². The van der Waals surface area contributed by atoms with Crippen molar-refractivity contribution in [1.29, 1.82) is 0 Å². The number of hydrogen-bond acceptors (Lipinski definition) is 6. The fraction of sp³-hybridized carbons (Fsp3) is 0.243. The van der Waals surface area contributed by atoms with Crippen molar-refractivity contribution < 1.29 is 13.9 Å². The Morgan fingerprint density at radius 3 is 2.67 bits per heavy atom. The van der Waals surface area contributed by atoms with Crippen molar-refractivity contribution >= 4 is 33.4 Å². The average molecular weight is 615 g/mol. The maximum atomic E-state index is 14.7. The zero-order valence-corrected chi connectivity index (χ0v) is 25.9. The second-order valence-electron chi connectivity index (χ2n) is 12.2. The SMILES string of the molecule is CN(C)CCOc1cc(F)cc(-c2cccc3[nH]c(-c4ncnc5ccc(-c6cncc(NC(=O)C7CCCC7)c6)cc45)cc23)c1. The molecule has 7 rings (SSSR count). The molecule has 0 atom stereocenters. The van der Waals surface area contributed by atoms with Crippen LogP contribution in [0, 0.1) is 11.7 Å². The van der Waals surface area contributed by atoms with E-state index in [1.54, 1.807) is 18.7 Å². The Bertz CT molecular complexity index is 2050. The molecule has 8 nitrogen and oxygen atoms in total. The highest BCUT2D eigenvalue weighted by Crippen LogP contribution is 2.36. The van der Waals surface area contributed by atoms with E-state index in [0.29, 0.717) is 18.0 Å². The molecule has 1 aliphatic rings. The third-order valence-electron chi connectivity index (χ3n) is 8.61. The first kappa shape index (κ1) is 29.6. The number of fused-ring (bicyclic) bond motifs is 2. The first-order valence-corrected chi connectivity index (χ1v) is 15.6. The minimum Gasteiger partial charge on any atom is -0.492 e. The summed E-state index contributed by atoms with van der Waals surface area (Å²) in [4.78, 5) is 31.9. The maximum Gasteiger partial charge on any atom is 0.227 e. The maximum absolute atomic E-state index is 14.7. The molecule has 1 amide bonds. The molecule has 9 heteroatoms. The Morgan fingerprint density at radius 2 is 1.83 bits per heavy atom. The normalized spacial score (nSPS) is 13.6. The Labute approximate surface area is 266 Å². The molecule has 1 saturated carbocycles. The van der Waals surface area contributed by atoms with Gasteiger partial charge in [0.1, 0.15) is 24.5 Å². The zero-order chi connectivity index (χ0) is 31.6. The van der Waals surface area contributed by atoms with E-state index in [1.165, 1.54) is 12.1 Å². The van der Waals surface area contributed by atoms with Crippen LogP contribution in [0.2, 0.25) is 0 Å². The topological polar surface area (TPSA) is 96.0 Å². The van der Waals surface area contributed by atoms with E-state index in [4.69, 9.17) is 4.74 Å². The molecule has 232 valence electrons. The number of rotatable bonds is 9. The number of ether oxygens (including phenoxy) is 1. The van der Waals surface area contributed by atoms with Gasteiger partial charge in [0.2, 0.25) is 5.91 Å². The summed E-state index contributed by atoms with van der Waals surface area (Å²) in [5.41, 5.74) is 7.41. The van der Waals surface area contributed by atoms with Crippen LogP contribution in [0.5, 0.6) is 5.75 Å². The van der Waals surface area contributed by atoms with Crippen molar-refractivity contribution in [3.05, 3.63) is 91.3 Å². The summed E-state index contributed by atoms with van der Waals surface area (Å²) in [6.45, 7) is 1.20. The third kappa shape index (κ3) is 6.19. The fourth-order valence-electron chi connectivity index (χ4n) is 6.23. The quantitative estimate of drug-likeness (QED) is 0.173. The van der Waals surface area contributed by atoms with E-state index in [2.05, 4.69) is 37.4 Å². The molecule has 1 fully saturated rings. The predicted octanol–water partition coefficient (Wildman–Crippen LogP) is 7.72. The van der Waals surface area contributed by atoms with E-state index >= 15 is 0 Å². The van der Waals surface area contributed by atoms with Gasteiger partial charge in [-0.15, -0.1) is 0 Å². The van der Waals surface area contributed by atoms with E-state index < -0.39 is 0 Å². The van der Waals surface area contributed by atoms with Gasteiger partial charge >= 0.3 is 0 Å². The molecule has 3 heterocycles. The summed E-state index contributed by atoms with van der Waals surface area (Å²) >= 11 is 0. The smallest absolute Gasteiger partial charge is 0.227 e. The summed E-state index contributed by atoms with van der Waals surface area (Å²) < 4.78 is 20.6. The summed E-state index contributed by atoms with van der Waals surface area (Å²) in [6.07, 6.45) is 9.14.